The minimum atomic E-state index is 0.0850. The van der Waals surface area contributed by atoms with Gasteiger partial charge >= 0.3 is 0 Å². The van der Waals surface area contributed by atoms with Crippen LogP contribution < -0.4 is 10.5 Å². The van der Waals surface area contributed by atoms with Gasteiger partial charge in [0.2, 0.25) is 0 Å². The third-order valence-electron chi connectivity index (χ3n) is 2.10. The Kier molecular flexibility index (Phi) is 1.93. The predicted molar refractivity (Wildman–Crippen MR) is 53.4 cm³/mol. The maximum atomic E-state index is 5.66. The lowest BCUT2D eigenvalue weighted by Crippen LogP contribution is -2.13. The fourth-order valence-electron chi connectivity index (χ4n) is 1.54. The van der Waals surface area contributed by atoms with Crippen LogP contribution in [0.1, 0.15) is 5.56 Å². The van der Waals surface area contributed by atoms with E-state index >= 15 is 0 Å². The molecule has 0 bridgehead atoms. The van der Waals surface area contributed by atoms with Crippen molar-refractivity contribution in [2.45, 2.75) is 12.5 Å². The third-order valence-corrected chi connectivity index (χ3v) is 2.10. The maximum absolute atomic E-state index is 5.66. The van der Waals surface area contributed by atoms with Crippen molar-refractivity contribution < 1.29 is 4.74 Å². The SMILES string of the molecule is CN=CC1Cc2cc(N)ccc2O1. The number of benzene rings is 1. The standard InChI is InChI=1S/C10H12N2O/c1-12-6-9-5-7-4-8(11)2-3-10(7)13-9/h2-4,6,9H,5,11H2,1H3. The molecular weight excluding hydrogens is 164 g/mol. The highest BCUT2D eigenvalue weighted by Gasteiger charge is 2.20. The van der Waals surface area contributed by atoms with Crippen molar-refractivity contribution in [1.29, 1.82) is 0 Å². The quantitative estimate of drug-likeness (QED) is 0.517. The van der Waals surface area contributed by atoms with Crippen molar-refractivity contribution in [1.82, 2.24) is 0 Å². The van der Waals surface area contributed by atoms with Gasteiger partial charge in [-0.05, 0) is 18.2 Å². The molecule has 1 aromatic rings. The van der Waals surface area contributed by atoms with Crippen molar-refractivity contribution in [2.24, 2.45) is 4.99 Å². The van der Waals surface area contributed by atoms with Gasteiger partial charge in [0, 0.05) is 30.9 Å². The number of nitrogens with zero attached hydrogens (tertiary/aromatic N) is 1. The van der Waals surface area contributed by atoms with Crippen LogP contribution in [-0.2, 0) is 6.42 Å². The van der Waals surface area contributed by atoms with E-state index < -0.39 is 0 Å². The molecule has 3 heteroatoms. The minimum Gasteiger partial charge on any atom is -0.484 e. The lowest BCUT2D eigenvalue weighted by Gasteiger charge is -2.02. The molecule has 0 spiro atoms. The smallest absolute Gasteiger partial charge is 0.137 e. The lowest BCUT2D eigenvalue weighted by atomic mass is 10.1. The van der Waals surface area contributed by atoms with Gasteiger partial charge in [-0.3, -0.25) is 4.99 Å². The van der Waals surface area contributed by atoms with Gasteiger partial charge in [0.1, 0.15) is 11.9 Å². The molecule has 1 unspecified atom stereocenters. The van der Waals surface area contributed by atoms with Gasteiger partial charge in [-0.25, -0.2) is 0 Å². The Morgan fingerprint density at radius 2 is 2.46 bits per heavy atom. The van der Waals surface area contributed by atoms with Crippen LogP contribution in [0.25, 0.3) is 0 Å². The highest BCUT2D eigenvalue weighted by molar-refractivity contribution is 5.67. The summed E-state index contributed by atoms with van der Waals surface area (Å²) in [5, 5.41) is 0. The average Bonchev–Trinajstić information content (AvgIpc) is 2.46. The highest BCUT2D eigenvalue weighted by Crippen LogP contribution is 2.29. The van der Waals surface area contributed by atoms with E-state index in [1.54, 1.807) is 7.05 Å². The second kappa shape index (κ2) is 3.09. The van der Waals surface area contributed by atoms with E-state index in [0.29, 0.717) is 0 Å². The normalized spacial score (nSPS) is 20.2. The fourth-order valence-corrected chi connectivity index (χ4v) is 1.54. The second-order valence-electron chi connectivity index (χ2n) is 3.13. The summed E-state index contributed by atoms with van der Waals surface area (Å²) in [4.78, 5) is 3.94. The zero-order chi connectivity index (χ0) is 9.26. The van der Waals surface area contributed by atoms with Gasteiger partial charge in [0.15, 0.2) is 0 Å². The number of nitrogens with two attached hydrogens (primary N) is 1. The molecule has 0 saturated heterocycles. The van der Waals surface area contributed by atoms with Crippen LogP contribution >= 0.6 is 0 Å². The zero-order valence-corrected chi connectivity index (χ0v) is 7.53. The minimum absolute atomic E-state index is 0.0850. The summed E-state index contributed by atoms with van der Waals surface area (Å²) in [6, 6.07) is 5.72. The lowest BCUT2D eigenvalue weighted by molar-refractivity contribution is 0.306. The molecule has 1 aliphatic rings. The molecule has 3 nitrogen and oxygen atoms in total. The van der Waals surface area contributed by atoms with E-state index in [9.17, 15) is 0 Å². The number of hydrogen-bond donors (Lipinski definition) is 1. The zero-order valence-electron chi connectivity index (χ0n) is 7.53. The van der Waals surface area contributed by atoms with E-state index in [-0.39, 0.29) is 6.10 Å². The van der Waals surface area contributed by atoms with Crippen molar-refractivity contribution in [3.8, 4) is 5.75 Å². The van der Waals surface area contributed by atoms with Crippen molar-refractivity contribution >= 4 is 11.9 Å². The summed E-state index contributed by atoms with van der Waals surface area (Å²) < 4.78 is 5.60. The van der Waals surface area contributed by atoms with E-state index in [0.717, 1.165) is 17.9 Å². The molecule has 1 atom stereocenters. The summed E-state index contributed by atoms with van der Waals surface area (Å²) in [5.74, 6) is 0.930. The predicted octanol–water partition coefficient (Wildman–Crippen LogP) is 1.27. The molecule has 0 aliphatic carbocycles. The third kappa shape index (κ3) is 1.49. The number of aliphatic imine (C=N–C) groups is 1. The highest BCUT2D eigenvalue weighted by atomic mass is 16.5. The number of fused-ring (bicyclic) bond motifs is 1. The first-order valence-corrected chi connectivity index (χ1v) is 4.27. The molecule has 0 fully saturated rings. The van der Waals surface area contributed by atoms with E-state index in [4.69, 9.17) is 10.5 Å². The molecular formula is C10H12N2O. The Morgan fingerprint density at radius 1 is 1.62 bits per heavy atom. The Morgan fingerprint density at radius 3 is 3.23 bits per heavy atom. The number of anilines is 1. The van der Waals surface area contributed by atoms with Gasteiger partial charge in [-0.2, -0.15) is 0 Å². The molecule has 13 heavy (non-hydrogen) atoms. The topological polar surface area (TPSA) is 47.6 Å². The summed E-state index contributed by atoms with van der Waals surface area (Å²) in [6.45, 7) is 0. The molecule has 1 aromatic carbocycles. The molecule has 68 valence electrons. The van der Waals surface area contributed by atoms with Crippen LogP contribution in [0.4, 0.5) is 5.69 Å². The summed E-state index contributed by atoms with van der Waals surface area (Å²) >= 11 is 0. The van der Waals surface area contributed by atoms with Crippen LogP contribution in [0.5, 0.6) is 5.75 Å². The van der Waals surface area contributed by atoms with Crippen molar-refractivity contribution in [3.05, 3.63) is 23.8 Å². The molecule has 2 rings (SSSR count). The number of nitrogen functional groups attached to an aromatic ring is 1. The molecule has 0 radical (unpaired) electrons. The second-order valence-corrected chi connectivity index (χ2v) is 3.13. The first-order chi connectivity index (χ1) is 6.29. The number of ether oxygens (including phenoxy) is 1. The van der Waals surface area contributed by atoms with Crippen LogP contribution in [0.3, 0.4) is 0 Å². The van der Waals surface area contributed by atoms with Gasteiger partial charge < -0.3 is 10.5 Å². The first-order valence-electron chi connectivity index (χ1n) is 4.27. The molecule has 1 heterocycles. The molecule has 1 aliphatic heterocycles. The van der Waals surface area contributed by atoms with Crippen LogP contribution in [0, 0.1) is 0 Å². The Hall–Kier alpha value is -1.51. The Bertz CT molecular complexity index is 347. The van der Waals surface area contributed by atoms with Gasteiger partial charge in [-0.15, -0.1) is 0 Å². The molecule has 0 aromatic heterocycles. The van der Waals surface area contributed by atoms with Crippen LogP contribution in [0.15, 0.2) is 23.2 Å². The van der Waals surface area contributed by atoms with E-state index in [1.807, 2.05) is 24.4 Å². The Labute approximate surface area is 77.2 Å². The van der Waals surface area contributed by atoms with Gasteiger partial charge in [0.25, 0.3) is 0 Å². The van der Waals surface area contributed by atoms with Gasteiger partial charge in [-0.1, -0.05) is 0 Å². The number of rotatable bonds is 1. The average molecular weight is 176 g/mol. The molecule has 2 N–H and O–H groups in total. The van der Waals surface area contributed by atoms with Crippen LogP contribution in [-0.4, -0.2) is 19.4 Å². The maximum Gasteiger partial charge on any atom is 0.137 e. The Balaban J connectivity index is 2.25. The summed E-state index contributed by atoms with van der Waals surface area (Å²) in [7, 11) is 1.75. The van der Waals surface area contributed by atoms with E-state index in [1.165, 1.54) is 5.56 Å². The molecule has 0 saturated carbocycles. The largest absolute Gasteiger partial charge is 0.484 e. The van der Waals surface area contributed by atoms with Crippen molar-refractivity contribution in [3.63, 3.8) is 0 Å². The summed E-state index contributed by atoms with van der Waals surface area (Å²) in [6.07, 6.45) is 2.77. The monoisotopic (exact) mass is 176 g/mol. The van der Waals surface area contributed by atoms with E-state index in [2.05, 4.69) is 4.99 Å². The first kappa shape index (κ1) is 8.10. The van der Waals surface area contributed by atoms with Crippen molar-refractivity contribution in [2.75, 3.05) is 12.8 Å². The van der Waals surface area contributed by atoms with Gasteiger partial charge in [0.05, 0.1) is 0 Å². The molecule has 0 amide bonds. The summed E-state index contributed by atoms with van der Waals surface area (Å²) in [5.41, 5.74) is 7.62. The van der Waals surface area contributed by atoms with Crippen LogP contribution in [0.2, 0.25) is 0 Å². The fraction of sp³-hybridized carbons (Fsp3) is 0.300. The number of hydrogen-bond acceptors (Lipinski definition) is 3.